The van der Waals surface area contributed by atoms with Crippen LogP contribution >= 0.6 is 0 Å². The van der Waals surface area contributed by atoms with Gasteiger partial charge in [0.05, 0.1) is 18.1 Å². The molecule has 1 heterocycles. The molecule has 1 unspecified atom stereocenters. The van der Waals surface area contributed by atoms with Gasteiger partial charge >= 0.3 is 11.9 Å². The Hall–Kier alpha value is -2.04. The number of nitrogens with zero attached hydrogens (tertiary/aromatic N) is 1. The van der Waals surface area contributed by atoms with Crippen molar-refractivity contribution in [1.82, 2.24) is 0 Å². The summed E-state index contributed by atoms with van der Waals surface area (Å²) in [6.07, 6.45) is 1.73. The maximum atomic E-state index is 11.8. The van der Waals surface area contributed by atoms with Gasteiger partial charge in [0.2, 0.25) is 0 Å². The summed E-state index contributed by atoms with van der Waals surface area (Å²) in [5, 5.41) is 9.03. The van der Waals surface area contributed by atoms with Gasteiger partial charge in [0.1, 0.15) is 0 Å². The highest BCUT2D eigenvalue weighted by molar-refractivity contribution is 5.88. The Morgan fingerprint density at radius 3 is 2.95 bits per heavy atom. The van der Waals surface area contributed by atoms with Gasteiger partial charge < -0.3 is 14.7 Å². The molecule has 1 aliphatic rings. The maximum Gasteiger partial charge on any atom is 0.335 e. The van der Waals surface area contributed by atoms with E-state index in [0.717, 1.165) is 25.1 Å². The summed E-state index contributed by atoms with van der Waals surface area (Å²) >= 11 is 0. The minimum absolute atomic E-state index is 0.128. The summed E-state index contributed by atoms with van der Waals surface area (Å²) in [6, 6.07) is 6.82. The van der Waals surface area contributed by atoms with Gasteiger partial charge in [0.15, 0.2) is 0 Å². The standard InChI is InChI=1S/C15H19NO4/c1-2-20-15(19)12-6-4-8-16(10-12)13-7-3-5-11(9-13)14(17)18/h3,5,7,9,12H,2,4,6,8,10H2,1H3,(H,17,18). The van der Waals surface area contributed by atoms with Crippen LogP contribution in [0, 0.1) is 5.92 Å². The van der Waals surface area contributed by atoms with Crippen LogP contribution in [-0.2, 0) is 9.53 Å². The normalized spacial score (nSPS) is 18.6. The van der Waals surface area contributed by atoms with E-state index in [-0.39, 0.29) is 17.5 Å². The lowest BCUT2D eigenvalue weighted by molar-refractivity contribution is -0.148. The summed E-state index contributed by atoms with van der Waals surface area (Å²) in [6.45, 7) is 3.61. The van der Waals surface area contributed by atoms with Crippen molar-refractivity contribution in [2.45, 2.75) is 19.8 Å². The number of hydrogen-bond donors (Lipinski definition) is 1. The van der Waals surface area contributed by atoms with E-state index >= 15 is 0 Å². The second-order valence-electron chi connectivity index (χ2n) is 4.89. The number of carboxylic acid groups (broad SMARTS) is 1. The number of carbonyl (C=O) groups is 2. The van der Waals surface area contributed by atoms with Gasteiger partial charge in [-0.15, -0.1) is 0 Å². The predicted octanol–water partition coefficient (Wildman–Crippen LogP) is 2.16. The molecule has 2 rings (SSSR count). The molecule has 1 aliphatic heterocycles. The Labute approximate surface area is 118 Å². The third-order valence-electron chi connectivity index (χ3n) is 3.50. The Bertz CT molecular complexity index is 500. The number of carboxylic acids is 1. The number of rotatable bonds is 4. The topological polar surface area (TPSA) is 66.8 Å². The number of esters is 1. The summed E-state index contributed by atoms with van der Waals surface area (Å²) in [5.41, 5.74) is 1.11. The van der Waals surface area contributed by atoms with Crippen molar-refractivity contribution in [2.75, 3.05) is 24.6 Å². The molecule has 0 bridgehead atoms. The molecular weight excluding hydrogens is 258 g/mol. The van der Waals surface area contributed by atoms with Gasteiger partial charge in [-0.1, -0.05) is 6.07 Å². The van der Waals surface area contributed by atoms with Crippen molar-refractivity contribution in [1.29, 1.82) is 0 Å². The fraction of sp³-hybridized carbons (Fsp3) is 0.467. The average Bonchev–Trinajstić information content (AvgIpc) is 2.48. The lowest BCUT2D eigenvalue weighted by atomic mass is 9.97. The molecule has 5 heteroatoms. The summed E-state index contributed by atoms with van der Waals surface area (Å²) in [7, 11) is 0. The molecule has 1 atom stereocenters. The van der Waals surface area contributed by atoms with Crippen molar-refractivity contribution in [3.8, 4) is 0 Å². The van der Waals surface area contributed by atoms with Crippen molar-refractivity contribution in [2.24, 2.45) is 5.92 Å². The van der Waals surface area contributed by atoms with Gasteiger partial charge in [-0.05, 0) is 38.0 Å². The summed E-state index contributed by atoms with van der Waals surface area (Å²) in [5.74, 6) is -1.23. The first kappa shape index (κ1) is 14.4. The molecule has 1 fully saturated rings. The molecule has 1 aromatic carbocycles. The van der Waals surface area contributed by atoms with Crippen LogP contribution in [0.25, 0.3) is 0 Å². The number of anilines is 1. The third-order valence-corrected chi connectivity index (χ3v) is 3.50. The molecule has 0 saturated carbocycles. The Kier molecular flexibility index (Phi) is 4.61. The van der Waals surface area contributed by atoms with Gasteiger partial charge in [-0.25, -0.2) is 4.79 Å². The van der Waals surface area contributed by atoms with E-state index in [1.54, 1.807) is 25.1 Å². The number of benzene rings is 1. The number of hydrogen-bond acceptors (Lipinski definition) is 4. The summed E-state index contributed by atoms with van der Waals surface area (Å²) in [4.78, 5) is 24.9. The van der Waals surface area contributed by atoms with Crippen LogP contribution in [0.4, 0.5) is 5.69 Å². The van der Waals surface area contributed by atoms with Gasteiger partial charge in [0.25, 0.3) is 0 Å². The Morgan fingerprint density at radius 2 is 2.25 bits per heavy atom. The van der Waals surface area contributed by atoms with Gasteiger partial charge in [-0.2, -0.15) is 0 Å². The van der Waals surface area contributed by atoms with Crippen molar-refractivity contribution in [3.63, 3.8) is 0 Å². The molecule has 1 aromatic rings. The molecular formula is C15H19NO4. The van der Waals surface area contributed by atoms with E-state index < -0.39 is 5.97 Å². The molecule has 0 radical (unpaired) electrons. The van der Waals surface area contributed by atoms with Crippen molar-refractivity contribution >= 4 is 17.6 Å². The molecule has 5 nitrogen and oxygen atoms in total. The third kappa shape index (κ3) is 3.29. The highest BCUT2D eigenvalue weighted by Gasteiger charge is 2.27. The zero-order valence-electron chi connectivity index (χ0n) is 11.5. The lowest BCUT2D eigenvalue weighted by Gasteiger charge is -2.33. The van der Waals surface area contributed by atoms with E-state index in [1.165, 1.54) is 0 Å². The molecule has 0 aliphatic carbocycles. The fourth-order valence-electron chi connectivity index (χ4n) is 2.50. The second kappa shape index (κ2) is 6.41. The minimum Gasteiger partial charge on any atom is -0.478 e. The highest BCUT2D eigenvalue weighted by Crippen LogP contribution is 2.24. The van der Waals surface area contributed by atoms with E-state index in [9.17, 15) is 9.59 Å². The molecule has 0 spiro atoms. The molecule has 0 aromatic heterocycles. The minimum atomic E-state index is -0.939. The summed E-state index contributed by atoms with van der Waals surface area (Å²) < 4.78 is 5.07. The van der Waals surface area contributed by atoms with E-state index in [4.69, 9.17) is 9.84 Å². The predicted molar refractivity (Wildman–Crippen MR) is 75.0 cm³/mol. The Balaban J connectivity index is 2.10. The van der Waals surface area contributed by atoms with Crippen LogP contribution in [0.3, 0.4) is 0 Å². The van der Waals surface area contributed by atoms with Crippen molar-refractivity contribution < 1.29 is 19.4 Å². The number of piperidine rings is 1. The smallest absolute Gasteiger partial charge is 0.335 e. The average molecular weight is 277 g/mol. The van der Waals surface area contributed by atoms with Gasteiger partial charge in [0, 0.05) is 18.8 Å². The van der Waals surface area contributed by atoms with Crippen LogP contribution in [0.1, 0.15) is 30.1 Å². The Morgan fingerprint density at radius 1 is 1.45 bits per heavy atom. The van der Waals surface area contributed by atoms with Gasteiger partial charge in [-0.3, -0.25) is 4.79 Å². The van der Waals surface area contributed by atoms with Crippen LogP contribution in [0.2, 0.25) is 0 Å². The first-order valence-corrected chi connectivity index (χ1v) is 6.86. The van der Waals surface area contributed by atoms with E-state index in [2.05, 4.69) is 4.90 Å². The lowest BCUT2D eigenvalue weighted by Crippen LogP contribution is -2.39. The van der Waals surface area contributed by atoms with E-state index in [1.807, 2.05) is 6.07 Å². The van der Waals surface area contributed by atoms with Crippen LogP contribution in [0.5, 0.6) is 0 Å². The van der Waals surface area contributed by atoms with Crippen LogP contribution in [0.15, 0.2) is 24.3 Å². The number of aromatic carboxylic acids is 1. The zero-order chi connectivity index (χ0) is 14.5. The van der Waals surface area contributed by atoms with E-state index in [0.29, 0.717) is 13.2 Å². The first-order valence-electron chi connectivity index (χ1n) is 6.86. The van der Waals surface area contributed by atoms with Crippen LogP contribution < -0.4 is 4.90 Å². The molecule has 1 saturated heterocycles. The molecule has 1 N–H and O–H groups in total. The monoisotopic (exact) mass is 277 g/mol. The SMILES string of the molecule is CCOC(=O)C1CCCN(c2cccc(C(=O)O)c2)C1. The first-order chi connectivity index (χ1) is 9.61. The molecule has 0 amide bonds. The quantitative estimate of drug-likeness (QED) is 0.854. The molecule has 20 heavy (non-hydrogen) atoms. The van der Waals surface area contributed by atoms with Crippen molar-refractivity contribution in [3.05, 3.63) is 29.8 Å². The van der Waals surface area contributed by atoms with Crippen LogP contribution in [-0.4, -0.2) is 36.7 Å². The zero-order valence-corrected chi connectivity index (χ0v) is 11.5. The molecule has 108 valence electrons. The highest BCUT2D eigenvalue weighted by atomic mass is 16.5. The fourth-order valence-corrected chi connectivity index (χ4v) is 2.50. The largest absolute Gasteiger partial charge is 0.478 e. The maximum absolute atomic E-state index is 11.8. The number of ether oxygens (including phenoxy) is 1. The number of carbonyl (C=O) groups excluding carboxylic acids is 1. The second-order valence-corrected chi connectivity index (χ2v) is 4.89.